The number of benzene rings is 1. The van der Waals surface area contributed by atoms with Gasteiger partial charge in [0, 0.05) is 63.3 Å². The number of aromatic nitrogens is 4. The van der Waals surface area contributed by atoms with Gasteiger partial charge in [-0.1, -0.05) is 12.1 Å². The van der Waals surface area contributed by atoms with E-state index < -0.39 is 5.97 Å². The molecule has 11 nitrogen and oxygen atoms in total. The average Bonchev–Trinajstić information content (AvgIpc) is 2.99. The minimum absolute atomic E-state index is 0.137. The first-order valence-corrected chi connectivity index (χ1v) is 15.7. The molecule has 3 aliphatic heterocycles. The summed E-state index contributed by atoms with van der Waals surface area (Å²) in [5.41, 5.74) is 3.91. The van der Waals surface area contributed by atoms with Crippen LogP contribution < -0.4 is 15.1 Å². The molecule has 43 heavy (non-hydrogen) atoms. The Morgan fingerprint density at radius 2 is 1.72 bits per heavy atom. The molecule has 5 heterocycles. The van der Waals surface area contributed by atoms with Crippen molar-refractivity contribution in [3.05, 3.63) is 48.3 Å². The van der Waals surface area contributed by atoms with E-state index in [2.05, 4.69) is 36.3 Å². The summed E-state index contributed by atoms with van der Waals surface area (Å²) in [4.78, 5) is 28.1. The van der Waals surface area contributed by atoms with Crippen molar-refractivity contribution < 1.29 is 15.0 Å². The number of piperidine rings is 1. The second-order valence-corrected chi connectivity index (χ2v) is 13.3. The van der Waals surface area contributed by atoms with E-state index in [1.807, 2.05) is 30.6 Å². The normalized spacial score (nSPS) is 28.8. The van der Waals surface area contributed by atoms with Crippen LogP contribution in [0.2, 0.25) is 0 Å². The maximum absolute atomic E-state index is 11.2. The number of anilines is 3. The highest BCUT2D eigenvalue weighted by atomic mass is 16.4. The van der Waals surface area contributed by atoms with Gasteiger partial charge in [-0.25, -0.2) is 9.97 Å². The van der Waals surface area contributed by atoms with Crippen molar-refractivity contribution in [2.75, 3.05) is 54.4 Å². The maximum Gasteiger partial charge on any atom is 0.306 e. The number of carboxylic acid groups (broad SMARTS) is 1. The van der Waals surface area contributed by atoms with Crippen molar-refractivity contribution in [1.82, 2.24) is 25.1 Å². The highest BCUT2D eigenvalue weighted by Crippen LogP contribution is 2.63. The highest BCUT2D eigenvalue weighted by Gasteiger charge is 2.55. The lowest BCUT2D eigenvalue weighted by Gasteiger charge is -2.56. The second kappa shape index (κ2) is 10.3. The van der Waals surface area contributed by atoms with Gasteiger partial charge in [-0.05, 0) is 73.6 Å². The summed E-state index contributed by atoms with van der Waals surface area (Å²) in [6, 6.07) is 10.2. The molecule has 0 radical (unpaired) electrons. The molecule has 1 atom stereocenters. The van der Waals surface area contributed by atoms with Gasteiger partial charge < -0.3 is 25.3 Å². The summed E-state index contributed by atoms with van der Waals surface area (Å²) in [7, 11) is 0. The first-order chi connectivity index (χ1) is 20.9. The lowest BCUT2D eigenvalue weighted by Crippen LogP contribution is -2.61. The van der Waals surface area contributed by atoms with Crippen LogP contribution in [-0.4, -0.2) is 92.6 Å². The Morgan fingerprint density at radius 1 is 0.953 bits per heavy atom. The Labute approximate surface area is 251 Å². The maximum atomic E-state index is 11.2. The number of carbonyl (C=O) groups is 1. The molecule has 2 saturated heterocycles. The number of nitrogens with one attached hydrogen (secondary N) is 1. The van der Waals surface area contributed by atoms with Gasteiger partial charge in [0.15, 0.2) is 5.82 Å². The minimum Gasteiger partial charge on any atom is -0.507 e. The summed E-state index contributed by atoms with van der Waals surface area (Å²) >= 11 is 0. The number of piperazine rings is 1. The molecule has 8 rings (SSSR count). The SMILES string of the molecule is O=C(O)[C@H]1CC2(C1)C[C@H](c1cnc(N3CCC(N4CCN5c6cc(-c7ccccc7O)nnc6NC[C@H]5C4)CC3)nc1)C2. The van der Waals surface area contributed by atoms with Crippen molar-refractivity contribution in [2.45, 2.75) is 56.5 Å². The number of carboxylic acids is 1. The summed E-state index contributed by atoms with van der Waals surface area (Å²) in [5.74, 6) is 1.55. The molecule has 4 fully saturated rings. The Bertz CT molecular complexity index is 1510. The molecule has 2 saturated carbocycles. The summed E-state index contributed by atoms with van der Waals surface area (Å²) < 4.78 is 0. The zero-order chi connectivity index (χ0) is 29.1. The number of aromatic hydroxyl groups is 1. The fraction of sp³-hybridized carbons (Fsp3) is 0.531. The Morgan fingerprint density at radius 3 is 2.47 bits per heavy atom. The monoisotopic (exact) mass is 582 g/mol. The van der Waals surface area contributed by atoms with Gasteiger partial charge in [-0.3, -0.25) is 9.69 Å². The third-order valence-corrected chi connectivity index (χ3v) is 10.7. The first kappa shape index (κ1) is 26.6. The molecule has 224 valence electrons. The summed E-state index contributed by atoms with van der Waals surface area (Å²) in [6.07, 6.45) is 10.0. The van der Waals surface area contributed by atoms with Gasteiger partial charge in [-0.15, -0.1) is 10.2 Å². The summed E-state index contributed by atoms with van der Waals surface area (Å²) in [6.45, 7) is 5.71. The third-order valence-electron chi connectivity index (χ3n) is 10.7. The molecule has 1 aromatic carbocycles. The Balaban J connectivity index is 0.854. The number of phenols is 1. The molecule has 3 N–H and O–H groups in total. The van der Waals surface area contributed by atoms with Crippen LogP contribution in [0.5, 0.6) is 5.75 Å². The predicted octanol–water partition coefficient (Wildman–Crippen LogP) is 3.58. The van der Waals surface area contributed by atoms with E-state index in [4.69, 9.17) is 9.97 Å². The topological polar surface area (TPSA) is 131 Å². The molecule has 2 aromatic heterocycles. The Hall–Kier alpha value is -3.99. The molecule has 0 amide bonds. The van der Waals surface area contributed by atoms with Crippen molar-refractivity contribution in [3.8, 4) is 17.0 Å². The van der Waals surface area contributed by atoms with Gasteiger partial charge in [0.1, 0.15) is 5.75 Å². The number of nitrogens with zero attached hydrogens (tertiary/aromatic N) is 7. The zero-order valence-corrected chi connectivity index (χ0v) is 24.3. The molecule has 5 aliphatic rings. The van der Waals surface area contributed by atoms with Gasteiger partial charge in [0.25, 0.3) is 0 Å². The number of fused-ring (bicyclic) bond motifs is 3. The minimum atomic E-state index is -0.639. The van der Waals surface area contributed by atoms with Crippen LogP contribution in [0.3, 0.4) is 0 Å². The van der Waals surface area contributed by atoms with Crippen molar-refractivity contribution in [3.63, 3.8) is 0 Å². The van der Waals surface area contributed by atoms with Crippen LogP contribution in [0.25, 0.3) is 11.3 Å². The average molecular weight is 583 g/mol. The standard InChI is InChI=1S/C32H38N8O3/c41-28-4-2-1-3-25(28)26-11-27-29(37-36-26)33-18-24-19-39(9-10-40(24)27)23-5-7-38(8-6-23)31-34-16-22(17-35-31)20-12-32(13-20)14-21(15-32)30(42)43/h1-4,11,16-17,20-21,23-24,41H,5-10,12-15,18-19H2,(H,33,37)(H,42,43)/t20-,21-,24-,32?/m0/s1. The van der Waals surface area contributed by atoms with Crippen LogP contribution >= 0.6 is 0 Å². The van der Waals surface area contributed by atoms with E-state index in [9.17, 15) is 15.0 Å². The molecule has 2 aliphatic carbocycles. The first-order valence-electron chi connectivity index (χ1n) is 15.7. The quantitative estimate of drug-likeness (QED) is 0.408. The van der Waals surface area contributed by atoms with Gasteiger partial charge in [0.2, 0.25) is 5.95 Å². The largest absolute Gasteiger partial charge is 0.507 e. The second-order valence-electron chi connectivity index (χ2n) is 13.3. The number of para-hydroxylation sites is 1. The van der Waals surface area contributed by atoms with Crippen LogP contribution in [0.4, 0.5) is 17.5 Å². The predicted molar refractivity (Wildman–Crippen MR) is 162 cm³/mol. The molecule has 0 bridgehead atoms. The highest BCUT2D eigenvalue weighted by molar-refractivity contribution is 5.76. The smallest absolute Gasteiger partial charge is 0.306 e. The lowest BCUT2D eigenvalue weighted by atomic mass is 9.47. The number of rotatable bonds is 5. The van der Waals surface area contributed by atoms with E-state index in [0.29, 0.717) is 29.3 Å². The van der Waals surface area contributed by atoms with Crippen LogP contribution in [0.1, 0.15) is 50.0 Å². The van der Waals surface area contributed by atoms with Crippen LogP contribution in [0.15, 0.2) is 42.7 Å². The van der Waals surface area contributed by atoms with E-state index in [-0.39, 0.29) is 17.1 Å². The van der Waals surface area contributed by atoms with Crippen molar-refractivity contribution in [2.24, 2.45) is 11.3 Å². The zero-order valence-electron chi connectivity index (χ0n) is 24.3. The van der Waals surface area contributed by atoms with Gasteiger partial charge in [-0.2, -0.15) is 0 Å². The van der Waals surface area contributed by atoms with E-state index in [0.717, 1.165) is 95.2 Å². The summed E-state index contributed by atoms with van der Waals surface area (Å²) in [5, 5.41) is 31.9. The number of phenolic OH excluding ortho intramolecular Hbond substituents is 1. The van der Waals surface area contributed by atoms with Gasteiger partial charge in [0.05, 0.1) is 23.3 Å². The number of hydrogen-bond acceptors (Lipinski definition) is 10. The molecule has 3 aromatic rings. The third kappa shape index (κ3) is 4.74. The molecule has 1 spiro atoms. The molecule has 11 heteroatoms. The number of aliphatic carboxylic acids is 1. The van der Waals surface area contributed by atoms with Crippen molar-refractivity contribution >= 4 is 23.4 Å². The van der Waals surface area contributed by atoms with Crippen LogP contribution in [0, 0.1) is 11.3 Å². The fourth-order valence-corrected chi connectivity index (χ4v) is 8.32. The van der Waals surface area contributed by atoms with E-state index >= 15 is 0 Å². The Kier molecular flexibility index (Phi) is 6.39. The molecular formula is C32H38N8O3. The van der Waals surface area contributed by atoms with Gasteiger partial charge >= 0.3 is 5.97 Å². The van der Waals surface area contributed by atoms with Crippen LogP contribution in [-0.2, 0) is 4.79 Å². The fourth-order valence-electron chi connectivity index (χ4n) is 8.32. The van der Waals surface area contributed by atoms with Crippen molar-refractivity contribution in [1.29, 1.82) is 0 Å². The molecule has 0 unspecified atom stereocenters. The van der Waals surface area contributed by atoms with E-state index in [1.165, 1.54) is 5.56 Å². The lowest BCUT2D eigenvalue weighted by molar-refractivity contribution is -0.155. The number of hydrogen-bond donors (Lipinski definition) is 3. The van der Waals surface area contributed by atoms with E-state index in [1.54, 1.807) is 6.07 Å². The molecular weight excluding hydrogens is 544 g/mol.